The predicted octanol–water partition coefficient (Wildman–Crippen LogP) is 0.118. The summed E-state index contributed by atoms with van der Waals surface area (Å²) in [6, 6.07) is 4.50. The van der Waals surface area contributed by atoms with Gasteiger partial charge in [-0.2, -0.15) is 0 Å². The van der Waals surface area contributed by atoms with Crippen LogP contribution < -0.4 is 19.5 Å². The van der Waals surface area contributed by atoms with Gasteiger partial charge in [0, 0.05) is 26.1 Å². The van der Waals surface area contributed by atoms with Crippen LogP contribution >= 0.6 is 0 Å². The third-order valence-corrected chi connectivity index (χ3v) is 3.93. The van der Waals surface area contributed by atoms with E-state index in [1.807, 2.05) is 0 Å². The third kappa shape index (κ3) is 4.39. The van der Waals surface area contributed by atoms with Gasteiger partial charge in [-0.15, -0.1) is 0 Å². The number of benzene rings is 1. The lowest BCUT2D eigenvalue weighted by Gasteiger charge is -2.12. The van der Waals surface area contributed by atoms with Crippen LogP contribution in [0.15, 0.2) is 23.1 Å². The van der Waals surface area contributed by atoms with Crippen molar-refractivity contribution in [2.24, 2.45) is 0 Å². The minimum atomic E-state index is -3.74. The molecule has 0 aromatic heterocycles. The number of nitrogens with one attached hydrogen (secondary N) is 2. The minimum Gasteiger partial charge on any atom is -0.497 e. The molecule has 0 saturated carbocycles. The fourth-order valence-electron chi connectivity index (χ4n) is 1.50. The van der Waals surface area contributed by atoms with Crippen molar-refractivity contribution in [3.63, 3.8) is 0 Å². The summed E-state index contributed by atoms with van der Waals surface area (Å²) in [5.41, 5.74) is 0. The van der Waals surface area contributed by atoms with Crippen molar-refractivity contribution in [1.29, 1.82) is 0 Å². The lowest BCUT2D eigenvalue weighted by atomic mass is 10.3. The van der Waals surface area contributed by atoms with Gasteiger partial charge in [-0.3, -0.25) is 4.79 Å². The van der Waals surface area contributed by atoms with Crippen LogP contribution in [-0.2, 0) is 14.8 Å². The number of carbonyl (C=O) groups is 1. The summed E-state index contributed by atoms with van der Waals surface area (Å²) in [5, 5.41) is 2.50. The van der Waals surface area contributed by atoms with Crippen molar-refractivity contribution in [3.05, 3.63) is 18.2 Å². The van der Waals surface area contributed by atoms with Crippen LogP contribution in [0.1, 0.15) is 6.92 Å². The molecule has 0 atom stereocenters. The number of amides is 1. The zero-order valence-electron chi connectivity index (χ0n) is 11.6. The molecule has 0 unspecified atom stereocenters. The Labute approximate surface area is 118 Å². The van der Waals surface area contributed by atoms with Crippen molar-refractivity contribution in [3.8, 4) is 11.5 Å². The zero-order valence-corrected chi connectivity index (χ0v) is 12.4. The van der Waals surface area contributed by atoms with Gasteiger partial charge in [-0.25, -0.2) is 13.1 Å². The Kier molecular flexibility index (Phi) is 5.78. The lowest BCUT2D eigenvalue weighted by Crippen LogP contribution is -2.33. The Morgan fingerprint density at radius 2 is 1.90 bits per heavy atom. The topological polar surface area (TPSA) is 93.7 Å². The number of ether oxygens (including phenoxy) is 2. The molecule has 8 heteroatoms. The van der Waals surface area contributed by atoms with E-state index in [-0.39, 0.29) is 29.6 Å². The van der Waals surface area contributed by atoms with E-state index < -0.39 is 10.0 Å². The van der Waals surface area contributed by atoms with Gasteiger partial charge in [-0.05, 0) is 12.1 Å². The van der Waals surface area contributed by atoms with Crippen molar-refractivity contribution in [2.45, 2.75) is 11.8 Å². The average molecular weight is 302 g/mol. The van der Waals surface area contributed by atoms with E-state index in [4.69, 9.17) is 9.47 Å². The largest absolute Gasteiger partial charge is 0.497 e. The molecule has 1 amide bonds. The number of hydrogen-bond acceptors (Lipinski definition) is 5. The molecule has 0 aliphatic rings. The maximum absolute atomic E-state index is 12.2. The molecule has 0 spiro atoms. The molecule has 1 rings (SSSR count). The number of methoxy groups -OCH3 is 2. The van der Waals surface area contributed by atoms with Crippen molar-refractivity contribution < 1.29 is 22.7 Å². The molecule has 2 N–H and O–H groups in total. The molecular weight excluding hydrogens is 284 g/mol. The van der Waals surface area contributed by atoms with Crippen LogP contribution in [0.3, 0.4) is 0 Å². The first kappa shape index (κ1) is 16.3. The monoisotopic (exact) mass is 302 g/mol. The summed E-state index contributed by atoms with van der Waals surface area (Å²) in [5.74, 6) is 0.411. The molecule has 20 heavy (non-hydrogen) atoms. The first-order valence-corrected chi connectivity index (χ1v) is 7.35. The summed E-state index contributed by atoms with van der Waals surface area (Å²) in [6.45, 7) is 1.66. The summed E-state index contributed by atoms with van der Waals surface area (Å²) in [7, 11) is -0.906. The highest BCUT2D eigenvalue weighted by atomic mass is 32.2. The summed E-state index contributed by atoms with van der Waals surface area (Å²) in [4.78, 5) is 10.7. The van der Waals surface area contributed by atoms with Crippen LogP contribution in [-0.4, -0.2) is 41.6 Å². The van der Waals surface area contributed by atoms with E-state index in [2.05, 4.69) is 10.0 Å². The van der Waals surface area contributed by atoms with Gasteiger partial charge in [0.15, 0.2) is 0 Å². The molecule has 0 bridgehead atoms. The summed E-state index contributed by atoms with van der Waals surface area (Å²) < 4.78 is 36.7. The van der Waals surface area contributed by atoms with Gasteiger partial charge >= 0.3 is 0 Å². The van der Waals surface area contributed by atoms with Gasteiger partial charge < -0.3 is 14.8 Å². The first-order valence-electron chi connectivity index (χ1n) is 5.87. The van der Waals surface area contributed by atoms with E-state index in [1.165, 1.54) is 33.3 Å². The van der Waals surface area contributed by atoms with Crippen molar-refractivity contribution in [1.82, 2.24) is 10.0 Å². The number of rotatable bonds is 7. The minimum absolute atomic E-state index is 0.0119. The number of hydrogen-bond donors (Lipinski definition) is 2. The molecule has 0 radical (unpaired) electrons. The molecular formula is C12H18N2O5S. The lowest BCUT2D eigenvalue weighted by molar-refractivity contribution is -0.118. The fourth-order valence-corrected chi connectivity index (χ4v) is 2.71. The van der Waals surface area contributed by atoms with E-state index >= 15 is 0 Å². The summed E-state index contributed by atoms with van der Waals surface area (Å²) in [6.07, 6.45) is 0. The van der Waals surface area contributed by atoms with Crippen LogP contribution in [0.25, 0.3) is 0 Å². The van der Waals surface area contributed by atoms with Gasteiger partial charge in [0.1, 0.15) is 16.4 Å². The highest BCUT2D eigenvalue weighted by molar-refractivity contribution is 7.89. The number of sulfonamides is 1. The fraction of sp³-hybridized carbons (Fsp3) is 0.417. The van der Waals surface area contributed by atoms with Crippen molar-refractivity contribution in [2.75, 3.05) is 27.3 Å². The molecule has 0 heterocycles. The molecule has 1 aromatic rings. The van der Waals surface area contributed by atoms with Crippen LogP contribution in [0.2, 0.25) is 0 Å². The van der Waals surface area contributed by atoms with Gasteiger partial charge in [-0.1, -0.05) is 0 Å². The van der Waals surface area contributed by atoms with Crippen LogP contribution in [0.5, 0.6) is 11.5 Å². The highest BCUT2D eigenvalue weighted by Gasteiger charge is 2.19. The molecule has 0 aliphatic carbocycles. The zero-order chi connectivity index (χ0) is 15.2. The second-order valence-corrected chi connectivity index (χ2v) is 5.63. The quantitative estimate of drug-likeness (QED) is 0.698. The average Bonchev–Trinajstić information content (AvgIpc) is 2.42. The second kappa shape index (κ2) is 7.11. The molecule has 0 aliphatic heterocycles. The van der Waals surface area contributed by atoms with Gasteiger partial charge in [0.05, 0.1) is 14.2 Å². The molecule has 0 fully saturated rings. The Morgan fingerprint density at radius 3 is 2.45 bits per heavy atom. The molecule has 7 nitrogen and oxygen atoms in total. The van der Waals surface area contributed by atoms with E-state index in [0.29, 0.717) is 5.75 Å². The predicted molar refractivity (Wildman–Crippen MR) is 73.4 cm³/mol. The van der Waals surface area contributed by atoms with E-state index in [0.717, 1.165) is 0 Å². The first-order chi connectivity index (χ1) is 9.40. The van der Waals surface area contributed by atoms with Crippen LogP contribution in [0, 0.1) is 0 Å². The number of carbonyl (C=O) groups excluding carboxylic acids is 1. The van der Waals surface area contributed by atoms with E-state index in [1.54, 1.807) is 6.07 Å². The Balaban J connectivity index is 2.87. The third-order valence-electron chi connectivity index (χ3n) is 2.45. The smallest absolute Gasteiger partial charge is 0.244 e. The Hall–Kier alpha value is -1.80. The second-order valence-electron chi connectivity index (χ2n) is 3.90. The van der Waals surface area contributed by atoms with Gasteiger partial charge in [0.25, 0.3) is 0 Å². The molecule has 1 aromatic carbocycles. The molecule has 112 valence electrons. The Morgan fingerprint density at radius 1 is 1.20 bits per heavy atom. The van der Waals surface area contributed by atoms with Crippen LogP contribution in [0.4, 0.5) is 0 Å². The molecule has 0 saturated heterocycles. The Bertz CT molecular complexity index is 571. The highest BCUT2D eigenvalue weighted by Crippen LogP contribution is 2.27. The standard InChI is InChI=1S/C12H18N2O5S/c1-9(15)13-6-7-14-20(16,17)12-8-10(18-2)4-5-11(12)19-3/h4-5,8,14H,6-7H2,1-3H3,(H,13,15). The summed E-state index contributed by atoms with van der Waals surface area (Å²) >= 11 is 0. The maximum Gasteiger partial charge on any atom is 0.244 e. The maximum atomic E-state index is 12.2. The van der Waals surface area contributed by atoms with Gasteiger partial charge in [0.2, 0.25) is 15.9 Å². The van der Waals surface area contributed by atoms with Crippen molar-refractivity contribution >= 4 is 15.9 Å². The SMILES string of the molecule is COc1ccc(OC)c(S(=O)(=O)NCCNC(C)=O)c1. The normalized spacial score (nSPS) is 10.9. The van der Waals surface area contributed by atoms with E-state index in [9.17, 15) is 13.2 Å².